The smallest absolute Gasteiger partial charge is 0.221 e. The second-order valence-electron chi connectivity index (χ2n) is 5.21. The first-order valence-electron chi connectivity index (χ1n) is 8.04. The van der Waals surface area contributed by atoms with E-state index in [2.05, 4.69) is 34.8 Å². The fraction of sp³-hybridized carbons (Fsp3) is 0.529. The van der Waals surface area contributed by atoms with E-state index in [1.807, 2.05) is 24.3 Å². The summed E-state index contributed by atoms with van der Waals surface area (Å²) in [5.41, 5.74) is 1.87. The van der Waals surface area contributed by atoms with Crippen molar-refractivity contribution in [2.24, 2.45) is 4.99 Å². The van der Waals surface area contributed by atoms with E-state index in [1.165, 1.54) is 19.8 Å². The average Bonchev–Trinajstić information content (AvgIpc) is 2.49. The van der Waals surface area contributed by atoms with Crippen molar-refractivity contribution in [3.05, 3.63) is 29.8 Å². The van der Waals surface area contributed by atoms with E-state index in [0.717, 1.165) is 36.7 Å². The summed E-state index contributed by atoms with van der Waals surface area (Å²) in [6, 6.07) is 7.77. The highest BCUT2D eigenvalue weighted by molar-refractivity contribution is 5.88. The minimum atomic E-state index is -0.0634. The average molecular weight is 304 g/mol. The van der Waals surface area contributed by atoms with Crippen LogP contribution >= 0.6 is 0 Å². The summed E-state index contributed by atoms with van der Waals surface area (Å²) in [4.78, 5) is 15.7. The van der Waals surface area contributed by atoms with Gasteiger partial charge < -0.3 is 16.0 Å². The first kappa shape index (κ1) is 18.0. The highest BCUT2D eigenvalue weighted by atomic mass is 16.1. The Balaban J connectivity index is 2.58. The zero-order valence-corrected chi connectivity index (χ0v) is 13.9. The molecule has 1 aromatic carbocycles. The quantitative estimate of drug-likeness (QED) is 0.393. The van der Waals surface area contributed by atoms with Crippen molar-refractivity contribution in [2.75, 3.05) is 18.4 Å². The van der Waals surface area contributed by atoms with Crippen molar-refractivity contribution < 1.29 is 4.79 Å². The molecule has 0 spiro atoms. The Hall–Kier alpha value is -2.04. The van der Waals surface area contributed by atoms with Gasteiger partial charge in [-0.2, -0.15) is 0 Å². The van der Waals surface area contributed by atoms with Crippen molar-refractivity contribution in [1.29, 1.82) is 0 Å². The van der Waals surface area contributed by atoms with Crippen LogP contribution in [0.5, 0.6) is 0 Å². The molecular weight excluding hydrogens is 276 g/mol. The predicted molar refractivity (Wildman–Crippen MR) is 93.1 cm³/mol. The molecule has 122 valence electrons. The first-order valence-corrected chi connectivity index (χ1v) is 8.04. The lowest BCUT2D eigenvalue weighted by atomic mass is 10.2. The van der Waals surface area contributed by atoms with E-state index < -0.39 is 0 Å². The Morgan fingerprint density at radius 2 is 2.00 bits per heavy atom. The van der Waals surface area contributed by atoms with Gasteiger partial charge in [0, 0.05) is 25.7 Å². The fourth-order valence-corrected chi connectivity index (χ4v) is 2.04. The van der Waals surface area contributed by atoms with Gasteiger partial charge in [0.15, 0.2) is 5.96 Å². The molecule has 0 saturated heterocycles. The van der Waals surface area contributed by atoms with Crippen LogP contribution in [0.4, 0.5) is 5.69 Å². The molecule has 0 saturated carbocycles. The van der Waals surface area contributed by atoms with E-state index in [4.69, 9.17) is 0 Å². The highest BCUT2D eigenvalue weighted by Gasteiger charge is 1.99. The number of guanidine groups is 1. The first-order chi connectivity index (χ1) is 10.7. The predicted octanol–water partition coefficient (Wildman–Crippen LogP) is 2.89. The minimum Gasteiger partial charge on any atom is -0.357 e. The van der Waals surface area contributed by atoms with Gasteiger partial charge in [0.1, 0.15) is 0 Å². The molecule has 0 aliphatic carbocycles. The molecule has 0 unspecified atom stereocenters. The van der Waals surface area contributed by atoms with Crippen LogP contribution in [0.1, 0.15) is 45.6 Å². The summed E-state index contributed by atoms with van der Waals surface area (Å²) in [5.74, 6) is 0.773. The lowest BCUT2D eigenvalue weighted by molar-refractivity contribution is -0.114. The molecule has 1 rings (SSSR count). The molecule has 0 radical (unpaired) electrons. The van der Waals surface area contributed by atoms with E-state index in [9.17, 15) is 4.79 Å². The molecular formula is C17H28N4O. The van der Waals surface area contributed by atoms with Gasteiger partial charge in [0.25, 0.3) is 0 Å². The Kier molecular flexibility index (Phi) is 8.72. The third kappa shape index (κ3) is 7.67. The third-order valence-electron chi connectivity index (χ3n) is 3.08. The molecule has 0 bridgehead atoms. The van der Waals surface area contributed by atoms with Gasteiger partial charge in [-0.25, -0.2) is 4.99 Å². The van der Waals surface area contributed by atoms with E-state index >= 15 is 0 Å². The van der Waals surface area contributed by atoms with Crippen molar-refractivity contribution in [2.45, 2.75) is 46.6 Å². The van der Waals surface area contributed by atoms with Gasteiger partial charge in [-0.05, 0) is 31.0 Å². The molecule has 1 aromatic rings. The largest absolute Gasteiger partial charge is 0.357 e. The summed E-state index contributed by atoms with van der Waals surface area (Å²) in [6.07, 6.45) is 3.59. The molecule has 3 N–H and O–H groups in total. The van der Waals surface area contributed by atoms with Gasteiger partial charge in [-0.1, -0.05) is 31.9 Å². The molecule has 0 aliphatic heterocycles. The molecule has 0 heterocycles. The van der Waals surface area contributed by atoms with Gasteiger partial charge in [0.05, 0.1) is 6.54 Å². The van der Waals surface area contributed by atoms with Crippen LogP contribution in [0, 0.1) is 0 Å². The van der Waals surface area contributed by atoms with Crippen LogP contribution in [0.3, 0.4) is 0 Å². The van der Waals surface area contributed by atoms with Crippen molar-refractivity contribution >= 4 is 17.6 Å². The van der Waals surface area contributed by atoms with Gasteiger partial charge in [-0.3, -0.25) is 4.79 Å². The number of nitrogens with zero attached hydrogens (tertiary/aromatic N) is 1. The lowest BCUT2D eigenvalue weighted by Gasteiger charge is -2.11. The number of amides is 1. The molecule has 22 heavy (non-hydrogen) atoms. The zero-order chi connectivity index (χ0) is 16.2. The lowest BCUT2D eigenvalue weighted by Crippen LogP contribution is -2.37. The van der Waals surface area contributed by atoms with Crippen molar-refractivity contribution in [3.63, 3.8) is 0 Å². The number of hydrogen-bond acceptors (Lipinski definition) is 2. The number of aliphatic imine (C=N–C) groups is 1. The highest BCUT2D eigenvalue weighted by Crippen LogP contribution is 2.11. The number of hydrogen-bond donors (Lipinski definition) is 3. The number of carbonyl (C=O) groups is 1. The van der Waals surface area contributed by atoms with E-state index in [-0.39, 0.29) is 5.91 Å². The number of carbonyl (C=O) groups excluding carboxylic acids is 1. The standard InChI is InChI=1S/C17H28N4O/c1-4-6-7-11-19-17(18-5-2)20-13-15-9-8-10-16(12-15)21-14(3)22/h8-10,12H,4-7,11,13H2,1-3H3,(H,21,22)(H2,18,19,20). The zero-order valence-electron chi connectivity index (χ0n) is 13.9. The second kappa shape index (κ2) is 10.7. The summed E-state index contributed by atoms with van der Waals surface area (Å²) in [6.45, 7) is 8.12. The molecule has 0 fully saturated rings. The SMILES string of the molecule is CCCCCNC(=NCc1cccc(NC(C)=O)c1)NCC. The molecule has 0 atom stereocenters. The molecule has 5 nitrogen and oxygen atoms in total. The summed E-state index contributed by atoms with van der Waals surface area (Å²) < 4.78 is 0. The van der Waals surface area contributed by atoms with Gasteiger partial charge in [0.2, 0.25) is 5.91 Å². The maximum atomic E-state index is 11.1. The summed E-state index contributed by atoms with van der Waals surface area (Å²) >= 11 is 0. The van der Waals surface area contributed by atoms with Crippen molar-refractivity contribution in [3.8, 4) is 0 Å². The Morgan fingerprint density at radius 3 is 2.68 bits per heavy atom. The normalized spacial score (nSPS) is 11.1. The number of rotatable bonds is 8. The van der Waals surface area contributed by atoms with E-state index in [0.29, 0.717) is 6.54 Å². The van der Waals surface area contributed by atoms with Gasteiger partial charge in [-0.15, -0.1) is 0 Å². The Morgan fingerprint density at radius 1 is 1.18 bits per heavy atom. The molecule has 0 aliphatic rings. The van der Waals surface area contributed by atoms with E-state index in [1.54, 1.807) is 0 Å². The molecule has 1 amide bonds. The van der Waals surface area contributed by atoms with Gasteiger partial charge >= 0.3 is 0 Å². The summed E-state index contributed by atoms with van der Waals surface area (Å²) in [5, 5.41) is 9.38. The van der Waals surface area contributed by atoms with Crippen LogP contribution in [0.25, 0.3) is 0 Å². The molecule has 5 heteroatoms. The maximum absolute atomic E-state index is 11.1. The number of benzene rings is 1. The fourth-order valence-electron chi connectivity index (χ4n) is 2.04. The Labute approximate surface area is 133 Å². The molecule has 0 aromatic heterocycles. The Bertz CT molecular complexity index is 485. The summed E-state index contributed by atoms with van der Waals surface area (Å²) in [7, 11) is 0. The van der Waals surface area contributed by atoms with Crippen molar-refractivity contribution in [1.82, 2.24) is 10.6 Å². The monoisotopic (exact) mass is 304 g/mol. The maximum Gasteiger partial charge on any atom is 0.221 e. The van der Waals surface area contributed by atoms with Crippen LogP contribution in [0.15, 0.2) is 29.3 Å². The third-order valence-corrected chi connectivity index (χ3v) is 3.08. The van der Waals surface area contributed by atoms with Crippen LogP contribution in [-0.4, -0.2) is 25.0 Å². The minimum absolute atomic E-state index is 0.0634. The number of unbranched alkanes of at least 4 members (excludes halogenated alkanes) is 2. The number of anilines is 1. The van der Waals surface area contributed by atoms with Crippen LogP contribution in [-0.2, 0) is 11.3 Å². The van der Waals surface area contributed by atoms with Crippen LogP contribution in [0.2, 0.25) is 0 Å². The topological polar surface area (TPSA) is 65.5 Å². The number of nitrogens with one attached hydrogen (secondary N) is 3. The van der Waals surface area contributed by atoms with Crippen LogP contribution < -0.4 is 16.0 Å². The second-order valence-corrected chi connectivity index (χ2v) is 5.21.